The van der Waals surface area contributed by atoms with Crippen LogP contribution in [-0.4, -0.2) is 39.9 Å². The number of nitrogens with zero attached hydrogens (tertiary/aromatic N) is 1. The molecule has 1 saturated heterocycles. The maximum atomic E-state index is 5.63. The maximum absolute atomic E-state index is 5.63. The van der Waals surface area contributed by atoms with Crippen LogP contribution in [-0.2, 0) is 4.74 Å². The van der Waals surface area contributed by atoms with E-state index in [1.54, 1.807) is 0 Å². The van der Waals surface area contributed by atoms with Crippen molar-refractivity contribution in [3.05, 3.63) is 12.0 Å². The Bertz CT molecular complexity index is 176. The van der Waals surface area contributed by atoms with Crippen LogP contribution < -0.4 is 0 Å². The predicted molar refractivity (Wildman–Crippen MR) is 64.3 cm³/mol. The molecule has 1 rings (SSSR count). The Kier molecular flexibility index (Phi) is 5.26. The van der Waals surface area contributed by atoms with E-state index < -0.39 is 8.80 Å². The molecule has 0 aromatic carbocycles. The third-order valence-electron chi connectivity index (χ3n) is 2.79. The molecule has 2 nitrogen and oxygen atoms in total. The van der Waals surface area contributed by atoms with Crippen molar-refractivity contribution in [2.24, 2.45) is 0 Å². The second-order valence-corrected chi connectivity index (χ2v) is 7.33. The number of piperidine rings is 1. The highest BCUT2D eigenvalue weighted by Crippen LogP contribution is 2.08. The SMILES string of the molecule is C=C(OCCN1CCCCC1)[SiH](C)C. The van der Waals surface area contributed by atoms with Crippen molar-refractivity contribution in [1.29, 1.82) is 0 Å². The van der Waals surface area contributed by atoms with Gasteiger partial charge in [-0.3, -0.25) is 4.90 Å². The first-order chi connectivity index (χ1) is 6.70. The molecule has 82 valence electrons. The summed E-state index contributed by atoms with van der Waals surface area (Å²) in [6.45, 7) is 12.9. The van der Waals surface area contributed by atoms with Crippen LogP contribution in [0.3, 0.4) is 0 Å². The lowest BCUT2D eigenvalue weighted by Crippen LogP contribution is -2.32. The van der Waals surface area contributed by atoms with Gasteiger partial charge in [0.05, 0.1) is 12.0 Å². The van der Waals surface area contributed by atoms with Gasteiger partial charge in [0.2, 0.25) is 0 Å². The highest BCUT2D eigenvalue weighted by Gasteiger charge is 2.10. The average molecular weight is 213 g/mol. The van der Waals surface area contributed by atoms with Crippen LogP contribution in [0.15, 0.2) is 12.0 Å². The van der Waals surface area contributed by atoms with E-state index in [0.717, 1.165) is 18.5 Å². The second-order valence-electron chi connectivity index (χ2n) is 4.37. The lowest BCUT2D eigenvalue weighted by atomic mass is 10.1. The van der Waals surface area contributed by atoms with Crippen LogP contribution in [0.2, 0.25) is 13.1 Å². The lowest BCUT2D eigenvalue weighted by Gasteiger charge is -2.26. The number of hydrogen-bond acceptors (Lipinski definition) is 2. The smallest absolute Gasteiger partial charge is 0.108 e. The lowest BCUT2D eigenvalue weighted by molar-refractivity contribution is 0.153. The molecule has 0 aromatic rings. The Balaban J connectivity index is 2.05. The summed E-state index contributed by atoms with van der Waals surface area (Å²) in [4.78, 5) is 2.50. The summed E-state index contributed by atoms with van der Waals surface area (Å²) >= 11 is 0. The van der Waals surface area contributed by atoms with Crippen LogP contribution in [0.1, 0.15) is 19.3 Å². The first-order valence-corrected chi connectivity index (χ1v) is 8.63. The van der Waals surface area contributed by atoms with E-state index in [9.17, 15) is 0 Å². The highest BCUT2D eigenvalue weighted by molar-refractivity contribution is 6.63. The van der Waals surface area contributed by atoms with E-state index in [4.69, 9.17) is 4.74 Å². The number of likely N-dealkylation sites (tertiary alicyclic amines) is 1. The topological polar surface area (TPSA) is 12.5 Å². The minimum Gasteiger partial charge on any atom is -0.503 e. The molecule has 0 spiro atoms. The van der Waals surface area contributed by atoms with E-state index >= 15 is 0 Å². The summed E-state index contributed by atoms with van der Waals surface area (Å²) in [7, 11) is -0.774. The van der Waals surface area contributed by atoms with Crippen LogP contribution in [0.4, 0.5) is 0 Å². The van der Waals surface area contributed by atoms with Crippen molar-refractivity contribution < 1.29 is 4.74 Å². The Hall–Kier alpha value is -0.283. The summed E-state index contributed by atoms with van der Waals surface area (Å²) in [5, 5.41) is 1.06. The van der Waals surface area contributed by atoms with E-state index in [2.05, 4.69) is 24.6 Å². The monoisotopic (exact) mass is 213 g/mol. The van der Waals surface area contributed by atoms with Crippen LogP contribution in [0, 0.1) is 0 Å². The van der Waals surface area contributed by atoms with Gasteiger partial charge in [-0.05, 0) is 25.9 Å². The maximum Gasteiger partial charge on any atom is 0.108 e. The summed E-state index contributed by atoms with van der Waals surface area (Å²) in [5.74, 6) is 0. The molecule has 3 heteroatoms. The van der Waals surface area contributed by atoms with Crippen molar-refractivity contribution in [3.63, 3.8) is 0 Å². The third kappa shape index (κ3) is 4.29. The zero-order chi connectivity index (χ0) is 10.4. The van der Waals surface area contributed by atoms with Gasteiger partial charge in [-0.2, -0.15) is 0 Å². The first-order valence-electron chi connectivity index (χ1n) is 5.74. The Morgan fingerprint density at radius 1 is 1.29 bits per heavy atom. The molecule has 0 N–H and O–H groups in total. The minimum absolute atomic E-state index is 0.774. The first kappa shape index (κ1) is 11.8. The summed E-state index contributed by atoms with van der Waals surface area (Å²) in [5.41, 5.74) is 0. The molecular weight excluding hydrogens is 190 g/mol. The van der Waals surface area contributed by atoms with Gasteiger partial charge in [-0.1, -0.05) is 26.1 Å². The summed E-state index contributed by atoms with van der Waals surface area (Å²) < 4.78 is 5.63. The van der Waals surface area contributed by atoms with Gasteiger partial charge in [0, 0.05) is 6.54 Å². The molecule has 0 amide bonds. The molecule has 1 aliphatic rings. The van der Waals surface area contributed by atoms with E-state index in [1.807, 2.05) is 0 Å². The Labute approximate surface area is 89.5 Å². The van der Waals surface area contributed by atoms with Crippen molar-refractivity contribution in [2.45, 2.75) is 32.4 Å². The number of hydrogen-bond donors (Lipinski definition) is 0. The molecule has 0 aliphatic carbocycles. The van der Waals surface area contributed by atoms with Gasteiger partial charge in [0.15, 0.2) is 0 Å². The molecule has 1 heterocycles. The van der Waals surface area contributed by atoms with Gasteiger partial charge in [0.1, 0.15) is 8.80 Å². The van der Waals surface area contributed by atoms with Gasteiger partial charge < -0.3 is 4.74 Å². The molecule has 14 heavy (non-hydrogen) atoms. The van der Waals surface area contributed by atoms with Crippen LogP contribution in [0.25, 0.3) is 0 Å². The quantitative estimate of drug-likeness (QED) is 0.512. The van der Waals surface area contributed by atoms with Gasteiger partial charge in [0.25, 0.3) is 0 Å². The number of rotatable bonds is 5. The zero-order valence-electron chi connectivity index (χ0n) is 9.59. The fraction of sp³-hybridized carbons (Fsp3) is 0.818. The predicted octanol–water partition coefficient (Wildman–Crippen LogP) is 2.03. The minimum atomic E-state index is -0.774. The Morgan fingerprint density at radius 2 is 1.93 bits per heavy atom. The molecule has 1 aliphatic heterocycles. The van der Waals surface area contributed by atoms with Crippen molar-refractivity contribution >= 4 is 8.80 Å². The molecule has 0 saturated carbocycles. The molecule has 1 fully saturated rings. The molecule has 0 unspecified atom stereocenters. The van der Waals surface area contributed by atoms with Gasteiger partial charge in [-0.15, -0.1) is 0 Å². The number of ether oxygens (including phenoxy) is 1. The van der Waals surface area contributed by atoms with Gasteiger partial charge >= 0.3 is 0 Å². The van der Waals surface area contributed by atoms with E-state index in [1.165, 1.54) is 32.4 Å². The van der Waals surface area contributed by atoms with Crippen molar-refractivity contribution in [1.82, 2.24) is 4.90 Å². The fourth-order valence-corrected chi connectivity index (χ4v) is 2.11. The van der Waals surface area contributed by atoms with Gasteiger partial charge in [-0.25, -0.2) is 0 Å². The molecule has 0 aromatic heterocycles. The molecule has 0 radical (unpaired) electrons. The largest absolute Gasteiger partial charge is 0.503 e. The normalized spacial score (nSPS) is 18.5. The highest BCUT2D eigenvalue weighted by atomic mass is 28.3. The Morgan fingerprint density at radius 3 is 2.50 bits per heavy atom. The second kappa shape index (κ2) is 6.25. The zero-order valence-corrected chi connectivity index (χ0v) is 10.7. The molecular formula is C11H23NOSi. The molecule has 0 bridgehead atoms. The summed E-state index contributed by atoms with van der Waals surface area (Å²) in [6, 6.07) is 0. The van der Waals surface area contributed by atoms with E-state index in [0.29, 0.717) is 0 Å². The van der Waals surface area contributed by atoms with Crippen LogP contribution in [0.5, 0.6) is 0 Å². The van der Waals surface area contributed by atoms with Crippen LogP contribution >= 0.6 is 0 Å². The van der Waals surface area contributed by atoms with E-state index in [-0.39, 0.29) is 0 Å². The third-order valence-corrected chi connectivity index (χ3v) is 4.24. The average Bonchev–Trinajstić information content (AvgIpc) is 2.19. The van der Waals surface area contributed by atoms with Crippen molar-refractivity contribution in [3.8, 4) is 0 Å². The standard InChI is InChI=1S/C11H23NOSi/c1-11(14(2)3)13-10-9-12-7-5-4-6-8-12/h14H,1,4-10H2,2-3H3. The molecule has 0 atom stereocenters. The van der Waals surface area contributed by atoms with Crippen molar-refractivity contribution in [2.75, 3.05) is 26.2 Å². The summed E-state index contributed by atoms with van der Waals surface area (Å²) in [6.07, 6.45) is 4.13. The fourth-order valence-electron chi connectivity index (χ4n) is 1.66.